The van der Waals surface area contributed by atoms with E-state index in [1.807, 2.05) is 55.3 Å². The Hall–Kier alpha value is -3.32. The van der Waals surface area contributed by atoms with Gasteiger partial charge in [0, 0.05) is 44.3 Å². The van der Waals surface area contributed by atoms with Crippen LogP contribution >= 0.6 is 0 Å². The number of carbonyl (C=O) groups excluding carboxylic acids is 2. The maximum absolute atomic E-state index is 13.4. The molecule has 7 nitrogen and oxygen atoms in total. The Balaban J connectivity index is 1.52. The van der Waals surface area contributed by atoms with Crippen molar-refractivity contribution in [1.82, 2.24) is 14.8 Å². The molecule has 2 aliphatic rings. The Morgan fingerprint density at radius 2 is 1.94 bits per heavy atom. The van der Waals surface area contributed by atoms with Gasteiger partial charge in [-0.1, -0.05) is 30.3 Å². The number of para-hydroxylation sites is 2. The fraction of sp³-hybridized carbons (Fsp3) is 0.385. The summed E-state index contributed by atoms with van der Waals surface area (Å²) in [7, 11) is 2.04. The Kier molecular flexibility index (Phi) is 5.81. The molecule has 33 heavy (non-hydrogen) atoms. The van der Waals surface area contributed by atoms with Crippen LogP contribution in [0.5, 0.6) is 0 Å². The molecule has 0 fully saturated rings. The van der Waals surface area contributed by atoms with Gasteiger partial charge in [0.05, 0.1) is 16.9 Å². The van der Waals surface area contributed by atoms with Crippen molar-refractivity contribution in [2.24, 2.45) is 0 Å². The average molecular weight is 447 g/mol. The number of benzene rings is 2. The molecule has 3 heterocycles. The van der Waals surface area contributed by atoms with Crippen molar-refractivity contribution in [3.8, 4) is 0 Å². The van der Waals surface area contributed by atoms with E-state index in [9.17, 15) is 9.59 Å². The lowest BCUT2D eigenvalue weighted by Gasteiger charge is -2.46. The summed E-state index contributed by atoms with van der Waals surface area (Å²) >= 11 is 0. The second-order valence-corrected chi connectivity index (χ2v) is 8.62. The Bertz CT molecular complexity index is 1200. The number of carbonyl (C=O) groups is 2. The molecule has 0 radical (unpaired) electrons. The van der Waals surface area contributed by atoms with Gasteiger partial charge in [-0.15, -0.1) is 0 Å². The van der Waals surface area contributed by atoms with Gasteiger partial charge in [-0.25, -0.2) is 0 Å². The van der Waals surface area contributed by atoms with Gasteiger partial charge >= 0.3 is 0 Å². The van der Waals surface area contributed by atoms with Crippen molar-refractivity contribution in [1.29, 1.82) is 0 Å². The molecule has 172 valence electrons. The smallest absolute Gasteiger partial charge is 0.257 e. The van der Waals surface area contributed by atoms with Crippen LogP contribution in [0.2, 0.25) is 0 Å². The largest absolute Gasteiger partial charge is 0.382 e. The summed E-state index contributed by atoms with van der Waals surface area (Å²) in [4.78, 5) is 30.4. The van der Waals surface area contributed by atoms with E-state index < -0.39 is 0 Å². The minimum Gasteiger partial charge on any atom is -0.382 e. The first-order valence-corrected chi connectivity index (χ1v) is 11.7. The lowest BCUT2D eigenvalue weighted by molar-refractivity contribution is -0.121. The number of fused-ring (bicyclic) bond motifs is 6. The van der Waals surface area contributed by atoms with Crippen LogP contribution in [0.4, 0.5) is 5.69 Å². The Morgan fingerprint density at radius 3 is 2.79 bits per heavy atom. The minimum absolute atomic E-state index is 0.0302. The number of amides is 2. The van der Waals surface area contributed by atoms with Crippen LogP contribution in [0.1, 0.15) is 41.1 Å². The molecular weight excluding hydrogens is 416 g/mol. The molecule has 1 unspecified atom stereocenters. The number of hydrogen-bond donors (Lipinski definition) is 1. The zero-order chi connectivity index (χ0) is 22.9. The molecule has 0 spiro atoms. The summed E-state index contributed by atoms with van der Waals surface area (Å²) in [5.74, 6) is 0.0221. The summed E-state index contributed by atoms with van der Waals surface area (Å²) in [5, 5.41) is 4.19. The quantitative estimate of drug-likeness (QED) is 0.566. The maximum Gasteiger partial charge on any atom is 0.257 e. The van der Waals surface area contributed by atoms with Gasteiger partial charge in [0.1, 0.15) is 12.7 Å². The minimum atomic E-state index is -0.241. The number of anilines is 1. The zero-order valence-electron chi connectivity index (χ0n) is 19.2. The molecule has 1 N–H and O–H groups in total. The first-order chi connectivity index (χ1) is 16.1. The molecule has 2 amide bonds. The zero-order valence-corrected chi connectivity index (χ0v) is 19.2. The summed E-state index contributed by atoms with van der Waals surface area (Å²) in [5.41, 5.74) is 4.96. The van der Waals surface area contributed by atoms with Gasteiger partial charge in [-0.3, -0.25) is 9.59 Å². The maximum atomic E-state index is 13.4. The average Bonchev–Trinajstić information content (AvgIpc) is 3.15. The SMILES string of the molecule is CCOCCCNC(=O)Cn1c2c(c3ccccc31)CCN1C(=O)c3ccccc3N(C)C21. The highest BCUT2D eigenvalue weighted by molar-refractivity contribution is 6.02. The summed E-state index contributed by atoms with van der Waals surface area (Å²) in [6, 6.07) is 16.0. The number of aromatic nitrogens is 1. The number of nitrogens with zero attached hydrogens (tertiary/aromatic N) is 3. The van der Waals surface area contributed by atoms with Gasteiger partial charge in [-0.05, 0) is 43.5 Å². The third-order valence-corrected chi connectivity index (χ3v) is 6.70. The van der Waals surface area contributed by atoms with Crippen molar-refractivity contribution in [3.05, 3.63) is 65.4 Å². The summed E-state index contributed by atoms with van der Waals surface area (Å²) in [6.45, 7) is 4.76. The number of rotatable bonds is 7. The van der Waals surface area contributed by atoms with Crippen molar-refractivity contribution in [2.45, 2.75) is 32.5 Å². The van der Waals surface area contributed by atoms with Crippen LogP contribution in [-0.2, 0) is 22.5 Å². The predicted octanol–water partition coefficient (Wildman–Crippen LogP) is 3.33. The van der Waals surface area contributed by atoms with Crippen LogP contribution < -0.4 is 10.2 Å². The third kappa shape index (κ3) is 3.66. The van der Waals surface area contributed by atoms with Crippen LogP contribution in [0.3, 0.4) is 0 Å². The highest BCUT2D eigenvalue weighted by Crippen LogP contribution is 2.44. The van der Waals surface area contributed by atoms with E-state index in [1.165, 1.54) is 5.56 Å². The topological polar surface area (TPSA) is 66.8 Å². The first kappa shape index (κ1) is 21.5. The molecule has 0 saturated heterocycles. The molecule has 3 aromatic rings. The van der Waals surface area contributed by atoms with E-state index >= 15 is 0 Å². The predicted molar refractivity (Wildman–Crippen MR) is 128 cm³/mol. The second kappa shape index (κ2) is 8.90. The highest BCUT2D eigenvalue weighted by Gasteiger charge is 2.42. The molecule has 0 aliphatic carbocycles. The summed E-state index contributed by atoms with van der Waals surface area (Å²) < 4.78 is 7.47. The van der Waals surface area contributed by atoms with Gasteiger partial charge in [0.2, 0.25) is 5.91 Å². The molecule has 1 atom stereocenters. The fourth-order valence-electron chi connectivity index (χ4n) is 5.22. The van der Waals surface area contributed by atoms with Crippen LogP contribution in [0.25, 0.3) is 10.9 Å². The van der Waals surface area contributed by atoms with Crippen molar-refractivity contribution < 1.29 is 14.3 Å². The van der Waals surface area contributed by atoms with Gasteiger partial charge in [-0.2, -0.15) is 0 Å². The monoisotopic (exact) mass is 446 g/mol. The van der Waals surface area contributed by atoms with E-state index in [-0.39, 0.29) is 24.5 Å². The molecular formula is C26H30N4O3. The lowest BCUT2D eigenvalue weighted by atomic mass is 9.96. The Labute approximate surface area is 193 Å². The van der Waals surface area contributed by atoms with Crippen molar-refractivity contribution in [2.75, 3.05) is 38.3 Å². The molecule has 7 heteroatoms. The highest BCUT2D eigenvalue weighted by atomic mass is 16.5. The van der Waals surface area contributed by atoms with E-state index in [1.54, 1.807) is 0 Å². The van der Waals surface area contributed by atoms with Gasteiger partial charge in [0.15, 0.2) is 0 Å². The van der Waals surface area contributed by atoms with E-state index in [4.69, 9.17) is 4.74 Å². The molecule has 1 aromatic heterocycles. The third-order valence-electron chi connectivity index (χ3n) is 6.70. The number of ether oxygens (including phenoxy) is 1. The molecule has 0 bridgehead atoms. The van der Waals surface area contributed by atoms with Gasteiger partial charge < -0.3 is 24.4 Å². The van der Waals surface area contributed by atoms with Crippen LogP contribution in [0, 0.1) is 0 Å². The fourth-order valence-corrected chi connectivity index (χ4v) is 5.22. The van der Waals surface area contributed by atoms with Crippen LogP contribution in [0.15, 0.2) is 48.5 Å². The Morgan fingerprint density at radius 1 is 1.15 bits per heavy atom. The molecule has 0 saturated carbocycles. The molecule has 2 aromatic carbocycles. The lowest BCUT2D eigenvalue weighted by Crippen LogP contribution is -2.51. The number of hydrogen-bond acceptors (Lipinski definition) is 4. The van der Waals surface area contributed by atoms with Gasteiger partial charge in [0.25, 0.3) is 5.91 Å². The normalized spacial score (nSPS) is 17.0. The van der Waals surface area contributed by atoms with Crippen molar-refractivity contribution >= 4 is 28.4 Å². The van der Waals surface area contributed by atoms with Crippen LogP contribution in [-0.4, -0.2) is 54.6 Å². The first-order valence-electron chi connectivity index (χ1n) is 11.7. The second-order valence-electron chi connectivity index (χ2n) is 8.62. The standard InChI is InChI=1S/C26H30N4O3/c1-3-33-16-8-14-27-23(31)17-30-22-12-7-4-9-18(22)19-13-15-29-25(24(19)30)28(2)21-11-6-5-10-20(21)26(29)32/h4-7,9-12,25H,3,8,13-17H2,1-2H3,(H,27,31). The molecule has 2 aliphatic heterocycles. The van der Waals surface area contributed by atoms with E-state index in [0.717, 1.165) is 40.7 Å². The summed E-state index contributed by atoms with van der Waals surface area (Å²) in [6.07, 6.45) is 1.32. The van der Waals surface area contributed by atoms with Crippen molar-refractivity contribution in [3.63, 3.8) is 0 Å². The van der Waals surface area contributed by atoms with E-state index in [2.05, 4.69) is 26.9 Å². The van der Waals surface area contributed by atoms with E-state index in [0.29, 0.717) is 26.3 Å². The number of nitrogens with one attached hydrogen (secondary N) is 1. The molecule has 5 rings (SSSR count).